The summed E-state index contributed by atoms with van der Waals surface area (Å²) in [6.45, 7) is 1.79. The zero-order valence-corrected chi connectivity index (χ0v) is 15.0. The maximum atomic E-state index is 12.6. The summed E-state index contributed by atoms with van der Waals surface area (Å²) in [6.07, 6.45) is 0. The van der Waals surface area contributed by atoms with Gasteiger partial charge >= 0.3 is 0 Å². The molecule has 5 N–H and O–H groups in total. The Morgan fingerprint density at radius 1 is 1.00 bits per heavy atom. The number of anilines is 3. The Balaban J connectivity index is 1.76. The van der Waals surface area contributed by atoms with Crippen LogP contribution >= 0.6 is 11.8 Å². The Morgan fingerprint density at radius 2 is 1.62 bits per heavy atom. The van der Waals surface area contributed by atoms with E-state index < -0.39 is 5.25 Å². The third kappa shape index (κ3) is 4.31. The first-order valence-electron chi connectivity index (χ1n) is 8.05. The van der Waals surface area contributed by atoms with Gasteiger partial charge in [0.25, 0.3) is 0 Å². The van der Waals surface area contributed by atoms with Gasteiger partial charge in [-0.05, 0) is 18.6 Å². The number of nitrogen functional groups attached to an aromatic ring is 2. The number of carbonyl (C=O) groups is 1. The first-order chi connectivity index (χ1) is 12.5. The molecule has 0 fully saturated rings. The fourth-order valence-electron chi connectivity index (χ4n) is 2.42. The smallest absolute Gasteiger partial charge is 0.237 e. The number of hydrogen-bond donors (Lipinski definition) is 3. The van der Waals surface area contributed by atoms with Crippen molar-refractivity contribution in [1.29, 1.82) is 0 Å². The predicted molar refractivity (Wildman–Crippen MR) is 107 cm³/mol. The van der Waals surface area contributed by atoms with Gasteiger partial charge in [-0.15, -0.1) is 0 Å². The largest absolute Gasteiger partial charge is 0.383 e. The summed E-state index contributed by atoms with van der Waals surface area (Å²) >= 11 is 1.21. The van der Waals surface area contributed by atoms with Gasteiger partial charge in [0, 0.05) is 17.3 Å². The summed E-state index contributed by atoms with van der Waals surface area (Å²) in [5, 5.41) is 2.94. The molecule has 6 nitrogen and oxygen atoms in total. The van der Waals surface area contributed by atoms with Crippen molar-refractivity contribution in [3.8, 4) is 11.1 Å². The molecule has 1 heterocycles. The van der Waals surface area contributed by atoms with Crippen LogP contribution in [-0.2, 0) is 4.79 Å². The molecule has 132 valence electrons. The monoisotopic (exact) mass is 365 g/mol. The molecule has 0 aliphatic rings. The SMILES string of the molecule is CC(Sc1nc(N)cc(N)n1)C(=O)Nc1ccccc1-c1ccccc1. The second-order valence-corrected chi connectivity index (χ2v) is 6.97. The van der Waals surface area contributed by atoms with E-state index in [0.717, 1.165) is 16.8 Å². The fourth-order valence-corrected chi connectivity index (χ4v) is 3.22. The first kappa shape index (κ1) is 17.8. The number of aromatic nitrogens is 2. The van der Waals surface area contributed by atoms with Crippen molar-refractivity contribution in [1.82, 2.24) is 9.97 Å². The van der Waals surface area contributed by atoms with Gasteiger partial charge in [-0.3, -0.25) is 4.79 Å². The van der Waals surface area contributed by atoms with Gasteiger partial charge in [0.15, 0.2) is 5.16 Å². The number of benzene rings is 2. The van der Waals surface area contributed by atoms with Crippen molar-refractivity contribution >= 4 is 35.0 Å². The minimum absolute atomic E-state index is 0.150. The van der Waals surface area contributed by atoms with E-state index in [4.69, 9.17) is 11.5 Å². The molecule has 0 aliphatic carbocycles. The highest BCUT2D eigenvalue weighted by molar-refractivity contribution is 8.00. The zero-order valence-electron chi connectivity index (χ0n) is 14.2. The Morgan fingerprint density at radius 3 is 2.31 bits per heavy atom. The zero-order chi connectivity index (χ0) is 18.5. The lowest BCUT2D eigenvalue weighted by Crippen LogP contribution is -2.23. The van der Waals surface area contributed by atoms with Gasteiger partial charge < -0.3 is 16.8 Å². The van der Waals surface area contributed by atoms with Crippen LogP contribution < -0.4 is 16.8 Å². The van der Waals surface area contributed by atoms with E-state index in [1.54, 1.807) is 6.92 Å². The summed E-state index contributed by atoms with van der Waals surface area (Å²) in [6, 6.07) is 19.1. The fraction of sp³-hybridized carbons (Fsp3) is 0.105. The third-order valence-corrected chi connectivity index (χ3v) is 4.63. The highest BCUT2D eigenvalue weighted by Gasteiger charge is 2.18. The molecule has 0 bridgehead atoms. The Kier molecular flexibility index (Phi) is 5.38. The number of nitrogens with one attached hydrogen (secondary N) is 1. The Bertz CT molecular complexity index is 897. The van der Waals surface area contributed by atoms with Crippen LogP contribution in [0.5, 0.6) is 0 Å². The van der Waals surface area contributed by atoms with Gasteiger partial charge in [-0.1, -0.05) is 60.3 Å². The summed E-state index contributed by atoms with van der Waals surface area (Å²) in [5.41, 5.74) is 14.1. The average molecular weight is 365 g/mol. The predicted octanol–water partition coefficient (Wildman–Crippen LogP) is 3.43. The molecular formula is C19H19N5OS. The van der Waals surface area contributed by atoms with Crippen molar-refractivity contribution in [2.75, 3.05) is 16.8 Å². The van der Waals surface area contributed by atoms with Gasteiger partial charge in [0.1, 0.15) is 11.6 Å². The molecule has 0 radical (unpaired) electrons. The quantitative estimate of drug-likeness (QED) is 0.472. The molecule has 26 heavy (non-hydrogen) atoms. The van der Waals surface area contributed by atoms with Crippen molar-refractivity contribution in [3.63, 3.8) is 0 Å². The number of hydrogen-bond acceptors (Lipinski definition) is 6. The molecule has 1 aromatic heterocycles. The molecule has 0 saturated heterocycles. The lowest BCUT2D eigenvalue weighted by molar-refractivity contribution is -0.115. The summed E-state index contributed by atoms with van der Waals surface area (Å²) < 4.78 is 0. The first-order valence-corrected chi connectivity index (χ1v) is 8.93. The third-order valence-electron chi connectivity index (χ3n) is 3.67. The van der Waals surface area contributed by atoms with Crippen molar-refractivity contribution in [2.45, 2.75) is 17.3 Å². The number of thioether (sulfide) groups is 1. The number of nitrogens with two attached hydrogens (primary N) is 2. The number of amides is 1. The molecule has 1 amide bonds. The van der Waals surface area contributed by atoms with E-state index >= 15 is 0 Å². The number of carbonyl (C=O) groups excluding carboxylic acids is 1. The second-order valence-electron chi connectivity index (χ2n) is 5.66. The molecule has 1 atom stereocenters. The Labute approximate surface area is 156 Å². The second kappa shape index (κ2) is 7.88. The van der Waals surface area contributed by atoms with E-state index in [1.165, 1.54) is 17.8 Å². The maximum absolute atomic E-state index is 12.6. The topological polar surface area (TPSA) is 107 Å². The molecule has 0 saturated carbocycles. The molecule has 1 unspecified atom stereocenters. The minimum Gasteiger partial charge on any atom is -0.383 e. The van der Waals surface area contributed by atoms with Gasteiger partial charge in [0.2, 0.25) is 5.91 Å². The van der Waals surface area contributed by atoms with Gasteiger partial charge in [-0.2, -0.15) is 0 Å². The lowest BCUT2D eigenvalue weighted by Gasteiger charge is -2.14. The normalized spacial score (nSPS) is 11.7. The van der Waals surface area contributed by atoms with Crippen LogP contribution in [0.3, 0.4) is 0 Å². The van der Waals surface area contributed by atoms with Crippen LogP contribution in [0, 0.1) is 0 Å². The molecule has 7 heteroatoms. The van der Waals surface area contributed by atoms with E-state index in [1.807, 2.05) is 54.6 Å². The molecule has 3 aromatic rings. The maximum Gasteiger partial charge on any atom is 0.237 e. The van der Waals surface area contributed by atoms with Crippen LogP contribution in [0.2, 0.25) is 0 Å². The lowest BCUT2D eigenvalue weighted by atomic mass is 10.0. The summed E-state index contributed by atoms with van der Waals surface area (Å²) in [7, 11) is 0. The van der Waals surface area contributed by atoms with Crippen molar-refractivity contribution < 1.29 is 4.79 Å². The molecule has 2 aromatic carbocycles. The molecule has 0 spiro atoms. The van der Waals surface area contributed by atoms with E-state index in [9.17, 15) is 4.79 Å². The number of para-hydroxylation sites is 1. The summed E-state index contributed by atoms with van der Waals surface area (Å²) in [4.78, 5) is 20.8. The van der Waals surface area contributed by atoms with E-state index in [0.29, 0.717) is 5.16 Å². The number of rotatable bonds is 5. The molecule has 0 aliphatic heterocycles. The Hall–Kier alpha value is -3.06. The minimum atomic E-state index is -0.417. The van der Waals surface area contributed by atoms with Crippen molar-refractivity contribution in [3.05, 3.63) is 60.7 Å². The van der Waals surface area contributed by atoms with Crippen LogP contribution in [0.25, 0.3) is 11.1 Å². The van der Waals surface area contributed by atoms with Crippen molar-refractivity contribution in [2.24, 2.45) is 0 Å². The van der Waals surface area contributed by atoms with E-state index in [-0.39, 0.29) is 17.5 Å². The molecule has 3 rings (SSSR count). The average Bonchev–Trinajstić information content (AvgIpc) is 2.62. The van der Waals surface area contributed by atoms with Crippen LogP contribution in [0.15, 0.2) is 65.8 Å². The molecular weight excluding hydrogens is 346 g/mol. The number of nitrogens with zero attached hydrogens (tertiary/aromatic N) is 2. The van der Waals surface area contributed by atoms with Crippen LogP contribution in [-0.4, -0.2) is 21.1 Å². The summed E-state index contributed by atoms with van der Waals surface area (Å²) in [5.74, 6) is 0.409. The van der Waals surface area contributed by atoms with Crippen LogP contribution in [0.4, 0.5) is 17.3 Å². The van der Waals surface area contributed by atoms with E-state index in [2.05, 4.69) is 15.3 Å². The standard InChI is InChI=1S/C19H19N5OS/c1-12(26-19-23-16(20)11-17(21)24-19)18(25)22-15-10-6-5-9-14(15)13-7-3-2-4-8-13/h2-12H,1H3,(H,22,25)(H4,20,21,23,24). The highest BCUT2D eigenvalue weighted by Crippen LogP contribution is 2.29. The van der Waals surface area contributed by atoms with Gasteiger partial charge in [-0.25, -0.2) is 9.97 Å². The van der Waals surface area contributed by atoms with Crippen LogP contribution in [0.1, 0.15) is 6.92 Å². The van der Waals surface area contributed by atoms with Gasteiger partial charge in [0.05, 0.1) is 5.25 Å². The highest BCUT2D eigenvalue weighted by atomic mass is 32.2.